The molecule has 4 heterocycles. The lowest BCUT2D eigenvalue weighted by Crippen LogP contribution is -2.68. The lowest BCUT2D eigenvalue weighted by Gasteiger charge is -2.59. The third-order valence-electron chi connectivity index (χ3n) is 13.3. The van der Waals surface area contributed by atoms with Crippen LogP contribution in [0.1, 0.15) is 159 Å². The molecule has 4 aliphatic heterocycles. The number of ether oxygens (including phenoxy) is 6. The summed E-state index contributed by atoms with van der Waals surface area (Å²) < 4.78 is 38.5. The molecule has 0 aliphatic carbocycles. The van der Waals surface area contributed by atoms with E-state index >= 15 is 0 Å². The van der Waals surface area contributed by atoms with Crippen molar-refractivity contribution in [3.05, 3.63) is 0 Å². The summed E-state index contributed by atoms with van der Waals surface area (Å²) in [7, 11) is 0. The van der Waals surface area contributed by atoms with Crippen LogP contribution in [-0.2, 0) is 38.8 Å². The second-order valence-corrected chi connectivity index (χ2v) is 18.0. The van der Waals surface area contributed by atoms with Crippen molar-refractivity contribution in [1.29, 1.82) is 0 Å². The molecule has 292 valence electrons. The first-order chi connectivity index (χ1) is 23.5. The summed E-state index contributed by atoms with van der Waals surface area (Å²) >= 11 is 0. The van der Waals surface area contributed by atoms with E-state index < -0.39 is 28.2 Å². The lowest BCUT2D eigenvalue weighted by molar-refractivity contribution is -0.393. The first-order valence-electron chi connectivity index (χ1n) is 20.2. The Balaban J connectivity index is 1.12. The summed E-state index contributed by atoms with van der Waals surface area (Å²) in [6, 6.07) is 0. The lowest BCUT2D eigenvalue weighted by atomic mass is 9.63. The van der Waals surface area contributed by atoms with E-state index in [2.05, 4.69) is 55.4 Å². The van der Waals surface area contributed by atoms with Crippen LogP contribution in [0.4, 0.5) is 0 Å². The normalized spacial score (nSPS) is 31.7. The third-order valence-corrected chi connectivity index (χ3v) is 13.3. The minimum absolute atomic E-state index is 0.142. The average molecular weight is 711 g/mol. The second kappa shape index (κ2) is 16.5. The Morgan fingerprint density at radius 1 is 0.520 bits per heavy atom. The van der Waals surface area contributed by atoms with Crippen LogP contribution in [0.15, 0.2) is 0 Å². The molecule has 10 nitrogen and oxygen atoms in total. The van der Waals surface area contributed by atoms with Gasteiger partial charge in [-0.15, -0.1) is 20.5 Å². The molecule has 2 radical (unpaired) electrons. The minimum Gasteiger partial charge on any atom is -0.381 e. The molecule has 10 heteroatoms. The van der Waals surface area contributed by atoms with Gasteiger partial charge in [-0.3, -0.25) is 0 Å². The van der Waals surface area contributed by atoms with E-state index in [4.69, 9.17) is 28.4 Å². The molecule has 4 saturated heterocycles. The number of rotatable bonds is 17. The van der Waals surface area contributed by atoms with E-state index in [-0.39, 0.29) is 16.4 Å². The highest BCUT2D eigenvalue weighted by Crippen LogP contribution is 2.53. The maximum absolute atomic E-state index is 13.3. The molecule has 0 aromatic rings. The van der Waals surface area contributed by atoms with Crippen molar-refractivity contribution in [2.24, 2.45) is 10.8 Å². The first-order valence-corrected chi connectivity index (χ1v) is 20.2. The molecular weight excluding hydrogens is 636 g/mol. The maximum Gasteiger partial charge on any atom is 0.191 e. The summed E-state index contributed by atoms with van der Waals surface area (Å²) in [6.07, 6.45) is 11.8. The van der Waals surface area contributed by atoms with Crippen molar-refractivity contribution in [3.8, 4) is 0 Å². The van der Waals surface area contributed by atoms with Gasteiger partial charge in [-0.1, -0.05) is 54.4 Å². The number of nitrogens with zero attached hydrogens (tertiary/aromatic N) is 2. The number of hydroxylamine groups is 4. The predicted molar refractivity (Wildman–Crippen MR) is 193 cm³/mol. The van der Waals surface area contributed by atoms with Gasteiger partial charge < -0.3 is 28.4 Å². The highest BCUT2D eigenvalue weighted by atomic mass is 16.7. The molecule has 0 bridgehead atoms. The van der Waals surface area contributed by atoms with Crippen molar-refractivity contribution in [1.82, 2.24) is 10.1 Å². The van der Waals surface area contributed by atoms with Gasteiger partial charge in [0.1, 0.15) is 6.61 Å². The van der Waals surface area contributed by atoms with Crippen LogP contribution in [0.3, 0.4) is 0 Å². The van der Waals surface area contributed by atoms with E-state index in [9.17, 15) is 10.4 Å². The van der Waals surface area contributed by atoms with E-state index in [0.717, 1.165) is 83.7 Å². The second-order valence-electron chi connectivity index (χ2n) is 18.0. The molecule has 0 aromatic heterocycles. The molecule has 0 unspecified atom stereocenters. The topological polar surface area (TPSA) is 102 Å². The van der Waals surface area contributed by atoms with Gasteiger partial charge in [0.2, 0.25) is 0 Å². The molecule has 50 heavy (non-hydrogen) atoms. The summed E-state index contributed by atoms with van der Waals surface area (Å²) in [5.41, 5.74) is -2.11. The summed E-state index contributed by atoms with van der Waals surface area (Å²) in [4.78, 5) is 0. The van der Waals surface area contributed by atoms with Crippen molar-refractivity contribution < 1.29 is 38.8 Å². The summed E-state index contributed by atoms with van der Waals surface area (Å²) in [6.45, 7) is 25.8. The van der Waals surface area contributed by atoms with Crippen LogP contribution < -0.4 is 0 Å². The van der Waals surface area contributed by atoms with Crippen LogP contribution >= 0.6 is 0 Å². The minimum atomic E-state index is -0.709. The zero-order valence-corrected chi connectivity index (χ0v) is 33.7. The highest BCUT2D eigenvalue weighted by molar-refractivity contribution is 5.07. The van der Waals surface area contributed by atoms with Gasteiger partial charge in [0, 0.05) is 54.4 Å². The van der Waals surface area contributed by atoms with Gasteiger partial charge in [0.15, 0.2) is 11.6 Å². The first kappa shape index (κ1) is 42.3. The van der Waals surface area contributed by atoms with Crippen molar-refractivity contribution in [2.75, 3.05) is 52.9 Å². The molecule has 4 aliphatic rings. The van der Waals surface area contributed by atoms with Crippen LogP contribution in [0.2, 0.25) is 0 Å². The predicted octanol–water partition coefficient (Wildman–Crippen LogP) is 8.42. The molecule has 0 amide bonds. The Morgan fingerprint density at radius 3 is 1.48 bits per heavy atom. The summed E-state index contributed by atoms with van der Waals surface area (Å²) in [5, 5.41) is 29.3. The highest BCUT2D eigenvalue weighted by Gasteiger charge is 2.60. The van der Waals surface area contributed by atoms with Gasteiger partial charge in [0.25, 0.3) is 0 Å². The standard InChI is InChI=1S/C40H74N2O8/c1-11-35(28-49-40(50-29-35)24-34(9,10)42(44)38(14-4,15-5)26-40)27-45-21-19-17-18-20-22-46-32-39(16-6)47-30-36(31-48-39)23-33(7,8)41(43)37(12-2,13-3)25-36/h11-32H2,1-10H3. The zero-order chi connectivity index (χ0) is 37.0. The van der Waals surface area contributed by atoms with Gasteiger partial charge in [0.05, 0.1) is 44.1 Å². The van der Waals surface area contributed by atoms with Crippen LogP contribution in [-0.4, -0.2) is 96.7 Å². The molecule has 0 atom stereocenters. The van der Waals surface area contributed by atoms with Crippen LogP contribution in [0, 0.1) is 10.8 Å². The van der Waals surface area contributed by atoms with Crippen molar-refractivity contribution in [2.45, 2.75) is 193 Å². The van der Waals surface area contributed by atoms with Gasteiger partial charge in [-0.05, 0) is 85.5 Å². The van der Waals surface area contributed by atoms with E-state index in [1.54, 1.807) is 0 Å². The fourth-order valence-electron chi connectivity index (χ4n) is 9.82. The van der Waals surface area contributed by atoms with Crippen molar-refractivity contribution >= 4 is 0 Å². The quantitative estimate of drug-likeness (QED) is 0.139. The van der Waals surface area contributed by atoms with Crippen LogP contribution in [0.25, 0.3) is 0 Å². The Hall–Kier alpha value is -0.400. The maximum atomic E-state index is 13.3. The Kier molecular flexibility index (Phi) is 14.0. The molecule has 4 fully saturated rings. The largest absolute Gasteiger partial charge is 0.381 e. The van der Waals surface area contributed by atoms with Crippen LogP contribution in [0.5, 0.6) is 0 Å². The summed E-state index contributed by atoms with van der Waals surface area (Å²) in [5.74, 6) is -1.41. The molecular formula is C40H74N2O8. The molecule has 0 aromatic carbocycles. The Bertz CT molecular complexity index is 960. The molecule has 2 spiro atoms. The van der Waals surface area contributed by atoms with Gasteiger partial charge in [-0.25, -0.2) is 0 Å². The third kappa shape index (κ3) is 8.76. The smallest absolute Gasteiger partial charge is 0.191 e. The Labute approximate surface area is 305 Å². The molecule has 0 saturated carbocycles. The van der Waals surface area contributed by atoms with E-state index in [0.29, 0.717) is 59.1 Å². The fraction of sp³-hybridized carbons (Fsp3) is 1.00. The SMILES string of the molecule is CCC1(COCCCCCCOCC2(CC)OCC3(CO2)CC(C)(C)N([O])C(CC)(CC)C3)COC2(CC(C)(C)N([O])C(CC)(CC)C2)OC1. The number of hydrogen-bond acceptors (Lipinski definition) is 8. The zero-order valence-electron chi connectivity index (χ0n) is 33.7. The number of unbranched alkanes of at least 4 members (excludes halogenated alkanes) is 3. The van der Waals surface area contributed by atoms with Gasteiger partial charge in [-0.2, -0.15) is 0 Å². The van der Waals surface area contributed by atoms with Crippen molar-refractivity contribution in [3.63, 3.8) is 0 Å². The Morgan fingerprint density at radius 2 is 1.00 bits per heavy atom. The molecule has 0 N–H and O–H groups in total. The molecule has 4 rings (SSSR count). The fourth-order valence-corrected chi connectivity index (χ4v) is 9.82. The monoisotopic (exact) mass is 711 g/mol. The number of hydrogen-bond donors (Lipinski definition) is 0. The number of piperidine rings is 2. The average Bonchev–Trinajstić information content (AvgIpc) is 3.11. The van der Waals surface area contributed by atoms with Gasteiger partial charge >= 0.3 is 0 Å². The van der Waals surface area contributed by atoms with E-state index in [1.165, 1.54) is 10.1 Å². The van der Waals surface area contributed by atoms with E-state index in [1.807, 2.05) is 13.8 Å².